The quantitative estimate of drug-likeness (QED) is 0.754. The predicted molar refractivity (Wildman–Crippen MR) is 88.0 cm³/mol. The summed E-state index contributed by atoms with van der Waals surface area (Å²) in [5.74, 6) is -0.563. The summed E-state index contributed by atoms with van der Waals surface area (Å²) in [6.07, 6.45) is -2.69. The molecule has 24 heavy (non-hydrogen) atoms. The Bertz CT molecular complexity index is 512. The molecule has 6 nitrogen and oxygen atoms in total. The summed E-state index contributed by atoms with van der Waals surface area (Å²) in [4.78, 5) is 25.9. The normalized spacial score (nSPS) is 31.7. The number of methoxy groups -OCH3 is 1. The van der Waals surface area contributed by atoms with Crippen molar-refractivity contribution < 1.29 is 23.5 Å². The molecular formula is C15H23Cl2FN2O4. The van der Waals surface area contributed by atoms with E-state index < -0.39 is 40.3 Å². The Kier molecular flexibility index (Phi) is 5.57. The lowest BCUT2D eigenvalue weighted by Gasteiger charge is -2.29. The average molecular weight is 385 g/mol. The maximum atomic E-state index is 14.2. The minimum atomic E-state index is -1.47. The maximum Gasteiger partial charge on any atom is 0.411 e. The molecule has 0 bridgehead atoms. The van der Waals surface area contributed by atoms with E-state index in [1.54, 1.807) is 20.8 Å². The van der Waals surface area contributed by atoms with Gasteiger partial charge in [-0.05, 0) is 27.2 Å². The Morgan fingerprint density at radius 1 is 1.38 bits per heavy atom. The SMILES string of the molecule is CO[C@@H]1C(F)CN(C(=O)OC(C)(C)C)[C@@H]1C(=O)NC[C@H]1CC1(Cl)Cl. The van der Waals surface area contributed by atoms with Gasteiger partial charge in [0.2, 0.25) is 5.91 Å². The lowest BCUT2D eigenvalue weighted by molar-refractivity contribution is -0.129. The molecule has 2 aliphatic rings. The molecule has 0 aromatic carbocycles. The average Bonchev–Trinajstić information content (AvgIpc) is 2.89. The van der Waals surface area contributed by atoms with Crippen LogP contribution in [0.3, 0.4) is 0 Å². The number of rotatable bonds is 4. The van der Waals surface area contributed by atoms with Crippen molar-refractivity contribution in [2.24, 2.45) is 5.92 Å². The lowest BCUT2D eigenvalue weighted by atomic mass is 10.1. The van der Waals surface area contributed by atoms with Crippen LogP contribution in [0.2, 0.25) is 0 Å². The molecule has 4 atom stereocenters. The maximum absolute atomic E-state index is 14.2. The van der Waals surface area contributed by atoms with E-state index in [0.717, 1.165) is 4.90 Å². The fourth-order valence-corrected chi connectivity index (χ4v) is 3.20. The highest BCUT2D eigenvalue weighted by Crippen LogP contribution is 2.52. The molecule has 0 aromatic rings. The van der Waals surface area contributed by atoms with Crippen LogP contribution in [0.5, 0.6) is 0 Å². The molecule has 1 saturated carbocycles. The number of amides is 2. The second-order valence-electron chi connectivity index (χ2n) is 7.20. The fourth-order valence-electron chi connectivity index (χ4n) is 2.68. The van der Waals surface area contributed by atoms with Crippen molar-refractivity contribution in [3.63, 3.8) is 0 Å². The third-order valence-corrected chi connectivity index (χ3v) is 4.95. The zero-order chi connectivity index (χ0) is 18.3. The summed E-state index contributed by atoms with van der Waals surface area (Å²) >= 11 is 11.9. The van der Waals surface area contributed by atoms with Crippen LogP contribution in [0.25, 0.3) is 0 Å². The Morgan fingerprint density at radius 3 is 2.42 bits per heavy atom. The molecule has 1 aliphatic heterocycles. The first-order valence-corrected chi connectivity index (χ1v) is 8.54. The molecule has 0 aromatic heterocycles. The molecule has 1 aliphatic carbocycles. The Morgan fingerprint density at radius 2 is 1.96 bits per heavy atom. The number of hydrogen-bond donors (Lipinski definition) is 1. The summed E-state index contributed by atoms with van der Waals surface area (Å²) in [6, 6.07) is -1.10. The van der Waals surface area contributed by atoms with Gasteiger partial charge >= 0.3 is 6.09 Å². The largest absolute Gasteiger partial charge is 0.444 e. The van der Waals surface area contributed by atoms with Crippen LogP contribution in [0.15, 0.2) is 0 Å². The molecule has 1 heterocycles. The molecule has 138 valence electrons. The molecule has 2 amide bonds. The molecule has 1 N–H and O–H groups in total. The highest BCUT2D eigenvalue weighted by atomic mass is 35.5. The summed E-state index contributed by atoms with van der Waals surface area (Å²) in [6.45, 7) is 5.10. The molecular weight excluding hydrogens is 362 g/mol. The van der Waals surface area contributed by atoms with Crippen molar-refractivity contribution in [3.8, 4) is 0 Å². The van der Waals surface area contributed by atoms with Gasteiger partial charge in [-0.2, -0.15) is 0 Å². The van der Waals surface area contributed by atoms with Crippen LogP contribution in [-0.4, -0.2) is 65.4 Å². The van der Waals surface area contributed by atoms with E-state index in [4.69, 9.17) is 32.7 Å². The monoisotopic (exact) mass is 384 g/mol. The molecule has 9 heteroatoms. The number of alkyl halides is 3. The van der Waals surface area contributed by atoms with E-state index in [9.17, 15) is 14.0 Å². The van der Waals surface area contributed by atoms with Crippen molar-refractivity contribution in [1.29, 1.82) is 0 Å². The number of nitrogens with one attached hydrogen (secondary N) is 1. The topological polar surface area (TPSA) is 67.9 Å². The fraction of sp³-hybridized carbons (Fsp3) is 0.867. The highest BCUT2D eigenvalue weighted by molar-refractivity contribution is 6.50. The van der Waals surface area contributed by atoms with Crippen LogP contribution in [0.4, 0.5) is 9.18 Å². The van der Waals surface area contributed by atoms with Gasteiger partial charge in [0.05, 0.1) is 6.54 Å². The molecule has 0 spiro atoms. The second-order valence-corrected chi connectivity index (χ2v) is 8.74. The molecule has 1 saturated heterocycles. The van der Waals surface area contributed by atoms with Crippen molar-refractivity contribution >= 4 is 35.2 Å². The minimum Gasteiger partial charge on any atom is -0.444 e. The van der Waals surface area contributed by atoms with Crippen molar-refractivity contribution in [3.05, 3.63) is 0 Å². The number of halogens is 3. The smallest absolute Gasteiger partial charge is 0.411 e. The van der Waals surface area contributed by atoms with Crippen molar-refractivity contribution in [2.45, 2.75) is 55.4 Å². The predicted octanol–water partition coefficient (Wildman–Crippen LogP) is 2.27. The van der Waals surface area contributed by atoms with Gasteiger partial charge in [0.25, 0.3) is 0 Å². The Labute approximate surface area is 150 Å². The third kappa shape index (κ3) is 4.43. The lowest BCUT2D eigenvalue weighted by Crippen LogP contribution is -2.52. The van der Waals surface area contributed by atoms with Gasteiger partial charge in [-0.25, -0.2) is 9.18 Å². The summed E-state index contributed by atoms with van der Waals surface area (Å²) in [5.41, 5.74) is -0.750. The van der Waals surface area contributed by atoms with E-state index in [2.05, 4.69) is 5.32 Å². The van der Waals surface area contributed by atoms with Gasteiger partial charge in [0.1, 0.15) is 28.3 Å². The van der Waals surface area contributed by atoms with Crippen LogP contribution in [0, 0.1) is 5.92 Å². The number of likely N-dealkylation sites (tertiary alicyclic amines) is 1. The summed E-state index contributed by atoms with van der Waals surface area (Å²) in [7, 11) is 1.31. The van der Waals surface area contributed by atoms with E-state index in [-0.39, 0.29) is 19.0 Å². The number of ether oxygens (including phenoxy) is 2. The third-order valence-electron chi connectivity index (χ3n) is 4.02. The molecule has 0 radical (unpaired) electrons. The van der Waals surface area contributed by atoms with Gasteiger partial charge in [-0.3, -0.25) is 9.69 Å². The van der Waals surface area contributed by atoms with Gasteiger partial charge in [0, 0.05) is 19.6 Å². The number of hydrogen-bond acceptors (Lipinski definition) is 4. The number of carbonyl (C=O) groups excluding carboxylic acids is 2. The zero-order valence-corrected chi connectivity index (χ0v) is 15.7. The van der Waals surface area contributed by atoms with Crippen LogP contribution in [0.1, 0.15) is 27.2 Å². The highest BCUT2D eigenvalue weighted by Gasteiger charge is 2.53. The van der Waals surface area contributed by atoms with Gasteiger partial charge < -0.3 is 14.8 Å². The van der Waals surface area contributed by atoms with Crippen molar-refractivity contribution in [2.75, 3.05) is 20.2 Å². The molecule has 2 rings (SSSR count). The van der Waals surface area contributed by atoms with Crippen LogP contribution in [-0.2, 0) is 14.3 Å². The molecule has 2 fully saturated rings. The van der Waals surface area contributed by atoms with Crippen LogP contribution >= 0.6 is 23.2 Å². The number of carbonyl (C=O) groups is 2. The Balaban J connectivity index is 2.05. The first-order valence-electron chi connectivity index (χ1n) is 7.78. The standard InChI is InChI=1S/C15H23Cl2FN2O4/c1-14(2,3)24-13(22)20-7-9(18)11(23-4)10(20)12(21)19-6-8-5-15(8,16)17/h8-11H,5-7H2,1-4H3,(H,19,21)/t8-,9?,10+,11-/m1/s1. The first-order chi connectivity index (χ1) is 11.0. The van der Waals surface area contributed by atoms with Gasteiger partial charge in [0.15, 0.2) is 0 Å². The second kappa shape index (κ2) is 6.84. The van der Waals surface area contributed by atoms with E-state index >= 15 is 0 Å². The van der Waals surface area contributed by atoms with E-state index in [1.807, 2.05) is 0 Å². The van der Waals surface area contributed by atoms with E-state index in [0.29, 0.717) is 6.42 Å². The molecule has 1 unspecified atom stereocenters. The van der Waals surface area contributed by atoms with Gasteiger partial charge in [-0.15, -0.1) is 23.2 Å². The summed E-state index contributed by atoms with van der Waals surface area (Å²) < 4.78 is 23.7. The summed E-state index contributed by atoms with van der Waals surface area (Å²) in [5, 5.41) is 2.67. The van der Waals surface area contributed by atoms with Crippen molar-refractivity contribution in [1.82, 2.24) is 10.2 Å². The van der Waals surface area contributed by atoms with E-state index in [1.165, 1.54) is 7.11 Å². The first kappa shape index (κ1) is 19.5. The Hall–Kier alpha value is -0.790. The number of nitrogens with zero attached hydrogens (tertiary/aromatic N) is 1. The van der Waals surface area contributed by atoms with Gasteiger partial charge in [-0.1, -0.05) is 0 Å². The zero-order valence-electron chi connectivity index (χ0n) is 14.1. The minimum absolute atomic E-state index is 0.0525. The van der Waals surface area contributed by atoms with Crippen LogP contribution < -0.4 is 5.32 Å².